The number of amides is 1. The van der Waals surface area contributed by atoms with E-state index in [0.717, 1.165) is 5.71 Å². The predicted molar refractivity (Wildman–Crippen MR) is 52.3 cm³/mol. The van der Waals surface area contributed by atoms with Gasteiger partial charge in [-0.1, -0.05) is 0 Å². The monoisotopic (exact) mass is 214 g/mol. The van der Waals surface area contributed by atoms with Gasteiger partial charge in [0.1, 0.15) is 0 Å². The van der Waals surface area contributed by atoms with Gasteiger partial charge in [0.2, 0.25) is 0 Å². The van der Waals surface area contributed by atoms with Crippen LogP contribution in [0.15, 0.2) is 5.10 Å². The SMILES string of the molecule is CCOC(=O)C1CC(=NNC(=O)OC)C1. The van der Waals surface area contributed by atoms with E-state index in [1.165, 1.54) is 7.11 Å². The molecule has 1 aliphatic carbocycles. The lowest BCUT2D eigenvalue weighted by molar-refractivity contribution is -0.148. The molecule has 0 saturated heterocycles. The van der Waals surface area contributed by atoms with Crippen LogP contribution in [0.4, 0.5) is 4.79 Å². The quantitative estimate of drug-likeness (QED) is 0.553. The van der Waals surface area contributed by atoms with Gasteiger partial charge in [0.15, 0.2) is 0 Å². The number of hydrogen-bond donors (Lipinski definition) is 1. The van der Waals surface area contributed by atoms with E-state index >= 15 is 0 Å². The lowest BCUT2D eigenvalue weighted by atomic mass is 9.83. The molecule has 0 atom stereocenters. The van der Waals surface area contributed by atoms with Crippen LogP contribution >= 0.6 is 0 Å². The van der Waals surface area contributed by atoms with Gasteiger partial charge in [0.05, 0.1) is 19.6 Å². The molecule has 0 aliphatic heterocycles. The Labute approximate surface area is 87.6 Å². The van der Waals surface area contributed by atoms with E-state index in [9.17, 15) is 9.59 Å². The minimum atomic E-state index is -0.609. The van der Waals surface area contributed by atoms with Crippen LogP contribution in [0.2, 0.25) is 0 Å². The van der Waals surface area contributed by atoms with Crippen LogP contribution in [0.5, 0.6) is 0 Å². The Morgan fingerprint density at radius 2 is 2.20 bits per heavy atom. The van der Waals surface area contributed by atoms with E-state index in [1.807, 2.05) is 0 Å². The van der Waals surface area contributed by atoms with E-state index in [2.05, 4.69) is 15.3 Å². The van der Waals surface area contributed by atoms with Crippen LogP contribution in [0.1, 0.15) is 19.8 Å². The Hall–Kier alpha value is -1.59. The standard InChI is InChI=1S/C9H14N2O4/c1-3-15-8(12)6-4-7(5-6)10-11-9(13)14-2/h6H,3-5H2,1-2H3,(H,11,13). The van der Waals surface area contributed by atoms with Crippen molar-refractivity contribution in [3.05, 3.63) is 0 Å². The first-order valence-corrected chi connectivity index (χ1v) is 4.73. The van der Waals surface area contributed by atoms with E-state index in [1.54, 1.807) is 6.92 Å². The van der Waals surface area contributed by atoms with Crippen LogP contribution in [0, 0.1) is 5.92 Å². The second-order valence-electron chi connectivity index (χ2n) is 3.14. The number of nitrogens with one attached hydrogen (secondary N) is 1. The smallest absolute Gasteiger partial charge is 0.427 e. The molecule has 0 heterocycles. The van der Waals surface area contributed by atoms with Gasteiger partial charge in [-0.25, -0.2) is 10.2 Å². The van der Waals surface area contributed by atoms with E-state index in [0.29, 0.717) is 19.4 Å². The molecule has 6 heteroatoms. The molecule has 0 radical (unpaired) electrons. The molecule has 1 rings (SSSR count). The average molecular weight is 214 g/mol. The van der Waals surface area contributed by atoms with Crippen LogP contribution in [0.3, 0.4) is 0 Å². The summed E-state index contributed by atoms with van der Waals surface area (Å²) in [7, 11) is 1.26. The Morgan fingerprint density at radius 1 is 1.53 bits per heavy atom. The third kappa shape index (κ3) is 3.23. The van der Waals surface area contributed by atoms with Gasteiger partial charge in [0.25, 0.3) is 0 Å². The van der Waals surface area contributed by atoms with Crippen molar-refractivity contribution in [1.29, 1.82) is 0 Å². The number of methoxy groups -OCH3 is 1. The van der Waals surface area contributed by atoms with Crippen molar-refractivity contribution in [2.45, 2.75) is 19.8 Å². The van der Waals surface area contributed by atoms with Crippen LogP contribution in [0.25, 0.3) is 0 Å². The normalized spacial score (nSPS) is 18.8. The molecular formula is C9H14N2O4. The van der Waals surface area contributed by atoms with Crippen LogP contribution in [-0.4, -0.2) is 31.5 Å². The van der Waals surface area contributed by atoms with E-state index in [-0.39, 0.29) is 11.9 Å². The van der Waals surface area contributed by atoms with Gasteiger partial charge in [-0.2, -0.15) is 5.10 Å². The summed E-state index contributed by atoms with van der Waals surface area (Å²) < 4.78 is 9.17. The number of carbonyl (C=O) groups excluding carboxylic acids is 2. The molecule has 0 spiro atoms. The van der Waals surface area contributed by atoms with Gasteiger partial charge in [-0.15, -0.1) is 0 Å². The highest BCUT2D eigenvalue weighted by molar-refractivity contribution is 5.98. The third-order valence-electron chi connectivity index (χ3n) is 2.07. The third-order valence-corrected chi connectivity index (χ3v) is 2.07. The van der Waals surface area contributed by atoms with Crippen molar-refractivity contribution in [2.24, 2.45) is 11.0 Å². The fourth-order valence-corrected chi connectivity index (χ4v) is 1.20. The number of ether oxygens (including phenoxy) is 2. The summed E-state index contributed by atoms with van der Waals surface area (Å²) in [4.78, 5) is 21.8. The Morgan fingerprint density at radius 3 is 2.73 bits per heavy atom. The first-order valence-electron chi connectivity index (χ1n) is 4.73. The van der Waals surface area contributed by atoms with Gasteiger partial charge >= 0.3 is 12.1 Å². The summed E-state index contributed by atoms with van der Waals surface area (Å²) in [6, 6.07) is 0. The maximum Gasteiger partial charge on any atom is 0.427 e. The van der Waals surface area contributed by atoms with Crippen molar-refractivity contribution in [3.8, 4) is 0 Å². The zero-order valence-corrected chi connectivity index (χ0v) is 8.78. The molecule has 0 aromatic carbocycles. The summed E-state index contributed by atoms with van der Waals surface area (Å²) in [5.74, 6) is -0.308. The Kier molecular flexibility index (Phi) is 4.08. The highest BCUT2D eigenvalue weighted by Gasteiger charge is 2.32. The number of nitrogens with zero attached hydrogens (tertiary/aromatic N) is 1. The minimum absolute atomic E-state index is 0.108. The Bertz CT molecular complexity index is 280. The molecule has 0 unspecified atom stereocenters. The largest absolute Gasteiger partial charge is 0.466 e. The molecule has 0 aromatic heterocycles. The lowest BCUT2D eigenvalue weighted by Gasteiger charge is -2.25. The molecule has 1 N–H and O–H groups in total. The molecule has 1 amide bonds. The highest BCUT2D eigenvalue weighted by Crippen LogP contribution is 2.25. The van der Waals surface area contributed by atoms with Crippen molar-refractivity contribution >= 4 is 17.8 Å². The van der Waals surface area contributed by atoms with Gasteiger partial charge < -0.3 is 9.47 Å². The summed E-state index contributed by atoms with van der Waals surface area (Å²) in [6.45, 7) is 2.16. The van der Waals surface area contributed by atoms with Crippen LogP contribution in [-0.2, 0) is 14.3 Å². The average Bonchev–Trinajstić information content (AvgIpc) is 2.15. The predicted octanol–water partition coefficient (Wildman–Crippen LogP) is 0.671. The maximum atomic E-state index is 11.2. The van der Waals surface area contributed by atoms with Crippen molar-refractivity contribution in [2.75, 3.05) is 13.7 Å². The topological polar surface area (TPSA) is 77.0 Å². The fourth-order valence-electron chi connectivity index (χ4n) is 1.20. The molecule has 6 nitrogen and oxygen atoms in total. The molecule has 1 saturated carbocycles. The zero-order chi connectivity index (χ0) is 11.3. The number of carbonyl (C=O) groups is 2. The summed E-state index contributed by atoms with van der Waals surface area (Å²) >= 11 is 0. The molecule has 1 fully saturated rings. The summed E-state index contributed by atoms with van der Waals surface area (Å²) in [6.07, 6.45) is 0.480. The number of esters is 1. The van der Waals surface area contributed by atoms with Gasteiger partial charge in [-0.3, -0.25) is 4.79 Å². The first kappa shape index (κ1) is 11.5. The highest BCUT2D eigenvalue weighted by atomic mass is 16.5. The molecule has 0 aromatic rings. The number of rotatable bonds is 3. The summed E-state index contributed by atoms with van der Waals surface area (Å²) in [5.41, 5.74) is 2.98. The second-order valence-corrected chi connectivity index (χ2v) is 3.14. The first-order chi connectivity index (χ1) is 7.17. The molecule has 15 heavy (non-hydrogen) atoms. The molecular weight excluding hydrogens is 200 g/mol. The van der Waals surface area contributed by atoms with Gasteiger partial charge in [-0.05, 0) is 6.92 Å². The minimum Gasteiger partial charge on any atom is -0.466 e. The lowest BCUT2D eigenvalue weighted by Crippen LogP contribution is -2.34. The van der Waals surface area contributed by atoms with Crippen molar-refractivity contribution in [1.82, 2.24) is 5.43 Å². The molecule has 1 aliphatic rings. The number of hydrazone groups is 1. The zero-order valence-electron chi connectivity index (χ0n) is 8.78. The van der Waals surface area contributed by atoms with E-state index < -0.39 is 6.09 Å². The van der Waals surface area contributed by atoms with Crippen molar-refractivity contribution in [3.63, 3.8) is 0 Å². The second kappa shape index (κ2) is 5.33. The number of hydrogen-bond acceptors (Lipinski definition) is 5. The van der Waals surface area contributed by atoms with Gasteiger partial charge in [0, 0.05) is 18.6 Å². The molecule has 0 bridgehead atoms. The fraction of sp³-hybridized carbons (Fsp3) is 0.667. The van der Waals surface area contributed by atoms with E-state index in [4.69, 9.17) is 4.74 Å². The van der Waals surface area contributed by atoms with Crippen LogP contribution < -0.4 is 5.43 Å². The Balaban J connectivity index is 2.25. The summed E-state index contributed by atoms with van der Waals surface area (Å²) in [5, 5.41) is 3.78. The van der Waals surface area contributed by atoms with Crippen molar-refractivity contribution < 1.29 is 19.1 Å². The molecule has 84 valence electrons. The maximum absolute atomic E-state index is 11.2.